The summed E-state index contributed by atoms with van der Waals surface area (Å²) in [5.74, 6) is -1.60. The zero-order valence-corrected chi connectivity index (χ0v) is 12.3. The van der Waals surface area contributed by atoms with Crippen LogP contribution in [0.1, 0.15) is 24.3 Å². The number of hydrogen-bond donors (Lipinski definition) is 1. The number of nitrogens with zero attached hydrogens (tertiary/aromatic N) is 3. The number of aliphatic carboxylic acids is 1. The molecule has 0 bridgehead atoms. The molecule has 0 aliphatic carbocycles. The highest BCUT2D eigenvalue weighted by Crippen LogP contribution is 2.19. The number of carboxylic acid groups (broad SMARTS) is 1. The first-order valence-corrected chi connectivity index (χ1v) is 7.06. The third kappa shape index (κ3) is 4.07. The molecule has 0 aromatic carbocycles. The van der Waals surface area contributed by atoms with Crippen molar-refractivity contribution in [3.63, 3.8) is 0 Å². The van der Waals surface area contributed by atoms with Crippen LogP contribution in [-0.4, -0.2) is 50.7 Å². The van der Waals surface area contributed by atoms with Gasteiger partial charge in [0.2, 0.25) is 0 Å². The van der Waals surface area contributed by atoms with Crippen molar-refractivity contribution in [3.8, 4) is 0 Å². The van der Waals surface area contributed by atoms with Crippen LogP contribution in [0, 0.1) is 0 Å². The summed E-state index contributed by atoms with van der Waals surface area (Å²) in [6.07, 6.45) is 3.11. The fourth-order valence-electron chi connectivity index (χ4n) is 1.37. The Morgan fingerprint density at radius 3 is 2.63 bits per heavy atom. The smallest absolute Gasteiger partial charge is 0.323 e. The third-order valence-corrected chi connectivity index (χ3v) is 3.14. The molecule has 0 fully saturated rings. The zero-order chi connectivity index (χ0) is 14.6. The van der Waals surface area contributed by atoms with E-state index < -0.39 is 18.4 Å². The first kappa shape index (κ1) is 15.7. The summed E-state index contributed by atoms with van der Waals surface area (Å²) in [4.78, 5) is 32.3. The van der Waals surface area contributed by atoms with E-state index in [4.69, 9.17) is 16.7 Å². The van der Waals surface area contributed by atoms with E-state index >= 15 is 0 Å². The van der Waals surface area contributed by atoms with Crippen molar-refractivity contribution in [3.05, 3.63) is 16.9 Å². The Morgan fingerprint density at radius 2 is 2.16 bits per heavy atom. The summed E-state index contributed by atoms with van der Waals surface area (Å²) >= 11 is 7.18. The van der Waals surface area contributed by atoms with Crippen LogP contribution in [0.2, 0.25) is 5.02 Å². The van der Waals surface area contributed by atoms with Gasteiger partial charge < -0.3 is 10.0 Å². The molecule has 6 nitrogen and oxygen atoms in total. The molecule has 0 aliphatic heterocycles. The molecule has 1 N–H and O–H groups in total. The summed E-state index contributed by atoms with van der Waals surface area (Å²) in [5, 5.41) is 9.35. The molecule has 8 heteroatoms. The van der Waals surface area contributed by atoms with Gasteiger partial charge in [-0.05, 0) is 20.1 Å². The molecular formula is C11H14ClN3O3S. The quantitative estimate of drug-likeness (QED) is 0.659. The van der Waals surface area contributed by atoms with Crippen LogP contribution in [0.25, 0.3) is 0 Å². The van der Waals surface area contributed by atoms with Gasteiger partial charge in [-0.25, -0.2) is 9.97 Å². The SMILES string of the molecule is CSc1ncc(Cl)c(C(=O)N(CC(=O)O)C(C)C)n1. The van der Waals surface area contributed by atoms with Crippen molar-refractivity contribution in [2.45, 2.75) is 25.0 Å². The topological polar surface area (TPSA) is 83.4 Å². The number of hydrogen-bond acceptors (Lipinski definition) is 5. The van der Waals surface area contributed by atoms with E-state index in [2.05, 4.69) is 9.97 Å². The molecule has 1 rings (SSSR count). The highest BCUT2D eigenvalue weighted by atomic mass is 35.5. The van der Waals surface area contributed by atoms with Crippen molar-refractivity contribution in [1.29, 1.82) is 0 Å². The fraction of sp³-hybridized carbons (Fsp3) is 0.455. The Kier molecular flexibility index (Phi) is 5.56. The summed E-state index contributed by atoms with van der Waals surface area (Å²) in [6.45, 7) is 3.06. The maximum atomic E-state index is 12.3. The normalized spacial score (nSPS) is 10.6. The number of carbonyl (C=O) groups is 2. The maximum absolute atomic E-state index is 12.3. The van der Waals surface area contributed by atoms with Gasteiger partial charge in [0.05, 0.1) is 11.2 Å². The molecule has 0 aliphatic rings. The minimum absolute atomic E-state index is 0.0240. The average Bonchev–Trinajstić information content (AvgIpc) is 2.35. The molecule has 0 atom stereocenters. The first-order valence-electron chi connectivity index (χ1n) is 5.46. The number of carbonyl (C=O) groups excluding carboxylic acids is 1. The lowest BCUT2D eigenvalue weighted by Crippen LogP contribution is -2.41. The minimum Gasteiger partial charge on any atom is -0.480 e. The Hall–Kier alpha value is -1.34. The summed E-state index contributed by atoms with van der Waals surface area (Å²) in [6, 6.07) is -0.271. The Morgan fingerprint density at radius 1 is 1.53 bits per heavy atom. The van der Waals surface area contributed by atoms with E-state index in [0.29, 0.717) is 5.16 Å². The number of thioether (sulfide) groups is 1. The van der Waals surface area contributed by atoms with Gasteiger partial charge >= 0.3 is 5.97 Å². The monoisotopic (exact) mass is 303 g/mol. The molecular weight excluding hydrogens is 290 g/mol. The van der Waals surface area contributed by atoms with Gasteiger partial charge in [0.25, 0.3) is 5.91 Å². The van der Waals surface area contributed by atoms with Gasteiger partial charge in [-0.3, -0.25) is 9.59 Å². The maximum Gasteiger partial charge on any atom is 0.323 e. The van der Waals surface area contributed by atoms with E-state index in [1.54, 1.807) is 20.1 Å². The van der Waals surface area contributed by atoms with Gasteiger partial charge in [-0.1, -0.05) is 23.4 Å². The number of halogens is 1. The molecule has 1 aromatic heterocycles. The standard InChI is InChI=1S/C11H14ClN3O3S/c1-6(2)15(5-8(16)17)10(18)9-7(12)4-13-11(14-9)19-3/h4,6H,5H2,1-3H3,(H,16,17). The van der Waals surface area contributed by atoms with Crippen LogP contribution in [0.15, 0.2) is 11.4 Å². The Bertz CT molecular complexity index is 496. The van der Waals surface area contributed by atoms with Crippen molar-refractivity contribution >= 4 is 35.2 Å². The number of amides is 1. The van der Waals surface area contributed by atoms with Gasteiger partial charge in [0, 0.05) is 6.04 Å². The molecule has 1 aromatic rings. The van der Waals surface area contributed by atoms with Gasteiger partial charge in [-0.15, -0.1) is 0 Å². The molecule has 104 valence electrons. The lowest BCUT2D eigenvalue weighted by Gasteiger charge is -2.24. The van der Waals surface area contributed by atoms with Crippen LogP contribution in [0.5, 0.6) is 0 Å². The highest BCUT2D eigenvalue weighted by Gasteiger charge is 2.25. The van der Waals surface area contributed by atoms with Crippen LogP contribution in [-0.2, 0) is 4.79 Å². The molecule has 0 saturated heterocycles. The van der Waals surface area contributed by atoms with Gasteiger partial charge in [0.1, 0.15) is 6.54 Å². The van der Waals surface area contributed by atoms with E-state index in [1.165, 1.54) is 22.9 Å². The van der Waals surface area contributed by atoms with E-state index in [-0.39, 0.29) is 16.8 Å². The molecule has 0 radical (unpaired) electrons. The van der Waals surface area contributed by atoms with Gasteiger partial charge in [0.15, 0.2) is 10.9 Å². The Labute approximate surface area is 120 Å². The van der Waals surface area contributed by atoms with Crippen LogP contribution >= 0.6 is 23.4 Å². The fourth-order valence-corrected chi connectivity index (χ4v) is 1.88. The van der Waals surface area contributed by atoms with Crippen LogP contribution in [0.3, 0.4) is 0 Å². The zero-order valence-electron chi connectivity index (χ0n) is 10.8. The molecule has 1 amide bonds. The predicted molar refractivity (Wildman–Crippen MR) is 72.6 cm³/mol. The van der Waals surface area contributed by atoms with Crippen molar-refractivity contribution in [2.24, 2.45) is 0 Å². The predicted octanol–water partition coefficient (Wildman–Crippen LogP) is 1.79. The minimum atomic E-state index is -1.09. The van der Waals surface area contributed by atoms with Crippen LogP contribution < -0.4 is 0 Å². The van der Waals surface area contributed by atoms with Crippen molar-refractivity contribution in [1.82, 2.24) is 14.9 Å². The Balaban J connectivity index is 3.12. The second-order valence-electron chi connectivity index (χ2n) is 3.97. The lowest BCUT2D eigenvalue weighted by molar-refractivity contribution is -0.138. The summed E-state index contributed by atoms with van der Waals surface area (Å²) in [7, 11) is 0. The van der Waals surface area contributed by atoms with Gasteiger partial charge in [-0.2, -0.15) is 0 Å². The first-order chi connectivity index (χ1) is 8.86. The summed E-state index contributed by atoms with van der Waals surface area (Å²) < 4.78 is 0. The molecule has 0 saturated carbocycles. The second kappa shape index (κ2) is 6.72. The molecule has 19 heavy (non-hydrogen) atoms. The third-order valence-electron chi connectivity index (χ3n) is 2.30. The van der Waals surface area contributed by atoms with E-state index in [1.807, 2.05) is 0 Å². The lowest BCUT2D eigenvalue weighted by atomic mass is 10.2. The van der Waals surface area contributed by atoms with Crippen molar-refractivity contribution < 1.29 is 14.7 Å². The summed E-state index contributed by atoms with van der Waals surface area (Å²) in [5.41, 5.74) is 0.0240. The molecule has 1 heterocycles. The molecule has 0 spiro atoms. The number of aromatic nitrogens is 2. The largest absolute Gasteiger partial charge is 0.480 e. The molecule has 0 unspecified atom stereocenters. The number of rotatable bonds is 5. The van der Waals surface area contributed by atoms with E-state index in [0.717, 1.165) is 0 Å². The van der Waals surface area contributed by atoms with E-state index in [9.17, 15) is 9.59 Å². The second-order valence-corrected chi connectivity index (χ2v) is 5.15. The average molecular weight is 304 g/mol. The highest BCUT2D eigenvalue weighted by molar-refractivity contribution is 7.98. The number of carboxylic acids is 1. The van der Waals surface area contributed by atoms with Crippen molar-refractivity contribution in [2.75, 3.05) is 12.8 Å². The van der Waals surface area contributed by atoms with Crippen LogP contribution in [0.4, 0.5) is 0 Å².